The summed E-state index contributed by atoms with van der Waals surface area (Å²) in [6, 6.07) is 7.77. The van der Waals surface area contributed by atoms with Gasteiger partial charge in [-0.3, -0.25) is 4.68 Å². The van der Waals surface area contributed by atoms with Crippen molar-refractivity contribution in [1.82, 2.24) is 15.1 Å². The van der Waals surface area contributed by atoms with Gasteiger partial charge in [0.25, 0.3) is 0 Å². The third-order valence-corrected chi connectivity index (χ3v) is 3.57. The fourth-order valence-electron chi connectivity index (χ4n) is 2.16. The van der Waals surface area contributed by atoms with E-state index in [0.717, 1.165) is 29.9 Å². The van der Waals surface area contributed by atoms with E-state index in [9.17, 15) is 13.2 Å². The van der Waals surface area contributed by atoms with Crippen molar-refractivity contribution in [3.8, 4) is 0 Å². The van der Waals surface area contributed by atoms with E-state index in [1.165, 1.54) is 25.0 Å². The number of benzene rings is 1. The molecule has 1 N–H and O–H groups in total. The monoisotopic (exact) mass is 295 g/mol. The van der Waals surface area contributed by atoms with Gasteiger partial charge in [0.15, 0.2) is 0 Å². The summed E-state index contributed by atoms with van der Waals surface area (Å²) in [5.74, 6) is 0. The SMILES string of the molecule is FC(F)(F)c1ccc(Cn2nccc2CNC2CC2)cc1. The van der Waals surface area contributed by atoms with Crippen LogP contribution in [-0.2, 0) is 19.3 Å². The first-order valence-electron chi connectivity index (χ1n) is 6.92. The van der Waals surface area contributed by atoms with Crippen molar-refractivity contribution < 1.29 is 13.2 Å². The molecular formula is C15H16F3N3. The van der Waals surface area contributed by atoms with Crippen LogP contribution in [0.4, 0.5) is 13.2 Å². The zero-order valence-corrected chi connectivity index (χ0v) is 11.4. The van der Waals surface area contributed by atoms with E-state index in [1.807, 2.05) is 10.7 Å². The van der Waals surface area contributed by atoms with Crippen molar-refractivity contribution in [2.75, 3.05) is 0 Å². The lowest BCUT2D eigenvalue weighted by Crippen LogP contribution is -2.19. The van der Waals surface area contributed by atoms with E-state index >= 15 is 0 Å². The van der Waals surface area contributed by atoms with E-state index in [0.29, 0.717) is 12.6 Å². The quantitative estimate of drug-likeness (QED) is 0.918. The number of hydrogen-bond acceptors (Lipinski definition) is 2. The minimum Gasteiger partial charge on any atom is -0.308 e. The largest absolute Gasteiger partial charge is 0.416 e. The zero-order chi connectivity index (χ0) is 14.9. The van der Waals surface area contributed by atoms with E-state index in [1.54, 1.807) is 6.20 Å². The van der Waals surface area contributed by atoms with Gasteiger partial charge in [0.05, 0.1) is 17.8 Å². The number of nitrogens with zero attached hydrogens (tertiary/aromatic N) is 2. The summed E-state index contributed by atoms with van der Waals surface area (Å²) >= 11 is 0. The lowest BCUT2D eigenvalue weighted by molar-refractivity contribution is -0.137. The van der Waals surface area contributed by atoms with Crippen LogP contribution < -0.4 is 5.32 Å². The van der Waals surface area contributed by atoms with Gasteiger partial charge in [-0.1, -0.05) is 12.1 Å². The van der Waals surface area contributed by atoms with Gasteiger partial charge < -0.3 is 5.32 Å². The molecule has 0 unspecified atom stereocenters. The smallest absolute Gasteiger partial charge is 0.308 e. The molecule has 0 atom stereocenters. The second-order valence-corrected chi connectivity index (χ2v) is 5.33. The molecule has 112 valence electrons. The van der Waals surface area contributed by atoms with E-state index in [4.69, 9.17) is 0 Å². The standard InChI is InChI=1S/C15H16F3N3/c16-15(17,18)12-3-1-11(2-4-12)10-21-14(7-8-20-21)9-19-13-5-6-13/h1-4,7-8,13,19H,5-6,9-10H2. The summed E-state index contributed by atoms with van der Waals surface area (Å²) in [4.78, 5) is 0. The van der Waals surface area contributed by atoms with Crippen molar-refractivity contribution in [1.29, 1.82) is 0 Å². The Balaban J connectivity index is 1.67. The number of aromatic nitrogens is 2. The molecule has 3 rings (SSSR count). The highest BCUT2D eigenvalue weighted by Crippen LogP contribution is 2.29. The van der Waals surface area contributed by atoms with Gasteiger partial charge in [-0.15, -0.1) is 0 Å². The molecule has 0 radical (unpaired) electrons. The Morgan fingerprint density at radius 3 is 2.48 bits per heavy atom. The van der Waals surface area contributed by atoms with E-state index in [2.05, 4.69) is 10.4 Å². The molecule has 1 aliphatic rings. The summed E-state index contributed by atoms with van der Waals surface area (Å²) in [6.45, 7) is 1.22. The molecule has 1 aliphatic carbocycles. The molecule has 1 aromatic heterocycles. The lowest BCUT2D eigenvalue weighted by Gasteiger charge is -2.10. The average Bonchev–Trinajstić information content (AvgIpc) is 3.17. The molecule has 0 spiro atoms. The molecule has 0 bridgehead atoms. The van der Waals surface area contributed by atoms with E-state index < -0.39 is 11.7 Å². The molecule has 2 aromatic rings. The number of rotatable bonds is 5. The summed E-state index contributed by atoms with van der Waals surface area (Å²) in [7, 11) is 0. The van der Waals surface area contributed by atoms with Crippen molar-refractivity contribution in [2.24, 2.45) is 0 Å². The van der Waals surface area contributed by atoms with Gasteiger partial charge in [0, 0.05) is 18.8 Å². The first kappa shape index (κ1) is 14.1. The number of halogens is 3. The summed E-state index contributed by atoms with van der Waals surface area (Å²) in [6.07, 6.45) is -0.141. The normalized spacial score (nSPS) is 15.4. The summed E-state index contributed by atoms with van der Waals surface area (Å²) in [5.41, 5.74) is 1.23. The first-order valence-corrected chi connectivity index (χ1v) is 6.92. The second-order valence-electron chi connectivity index (χ2n) is 5.33. The molecule has 0 saturated heterocycles. The van der Waals surface area contributed by atoms with Crippen LogP contribution in [-0.4, -0.2) is 15.8 Å². The Bertz CT molecular complexity index is 597. The maximum Gasteiger partial charge on any atom is 0.416 e. The Kier molecular flexibility index (Phi) is 3.71. The fourth-order valence-corrected chi connectivity index (χ4v) is 2.16. The van der Waals surface area contributed by atoms with Crippen LogP contribution in [0.5, 0.6) is 0 Å². The molecule has 1 heterocycles. The molecule has 1 fully saturated rings. The molecule has 3 nitrogen and oxygen atoms in total. The number of nitrogens with one attached hydrogen (secondary N) is 1. The summed E-state index contributed by atoms with van der Waals surface area (Å²) in [5, 5.41) is 7.64. The third-order valence-electron chi connectivity index (χ3n) is 3.57. The Morgan fingerprint density at radius 2 is 1.86 bits per heavy atom. The minimum absolute atomic E-state index is 0.479. The Morgan fingerprint density at radius 1 is 1.14 bits per heavy atom. The number of hydrogen-bond donors (Lipinski definition) is 1. The van der Waals surface area contributed by atoms with Crippen LogP contribution >= 0.6 is 0 Å². The van der Waals surface area contributed by atoms with Gasteiger partial charge in [-0.25, -0.2) is 0 Å². The fraction of sp³-hybridized carbons (Fsp3) is 0.400. The highest BCUT2D eigenvalue weighted by molar-refractivity contribution is 5.25. The third kappa shape index (κ3) is 3.64. The maximum absolute atomic E-state index is 12.5. The molecule has 6 heteroatoms. The van der Waals surface area contributed by atoms with Gasteiger partial charge >= 0.3 is 6.18 Å². The summed E-state index contributed by atoms with van der Waals surface area (Å²) < 4.78 is 39.4. The second kappa shape index (κ2) is 5.52. The van der Waals surface area contributed by atoms with Crippen LogP contribution in [0.2, 0.25) is 0 Å². The minimum atomic E-state index is -4.29. The molecule has 1 aromatic carbocycles. The lowest BCUT2D eigenvalue weighted by atomic mass is 10.1. The van der Waals surface area contributed by atoms with Crippen molar-refractivity contribution in [3.63, 3.8) is 0 Å². The van der Waals surface area contributed by atoms with Crippen LogP contribution in [0.15, 0.2) is 36.5 Å². The molecule has 0 amide bonds. The maximum atomic E-state index is 12.5. The van der Waals surface area contributed by atoms with E-state index in [-0.39, 0.29) is 0 Å². The highest BCUT2D eigenvalue weighted by atomic mass is 19.4. The number of alkyl halides is 3. The molecular weight excluding hydrogens is 279 g/mol. The van der Waals surface area contributed by atoms with Crippen LogP contribution in [0.25, 0.3) is 0 Å². The topological polar surface area (TPSA) is 29.9 Å². The van der Waals surface area contributed by atoms with Crippen LogP contribution in [0.1, 0.15) is 29.7 Å². The Labute approximate surface area is 120 Å². The molecule has 21 heavy (non-hydrogen) atoms. The van der Waals surface area contributed by atoms with Crippen LogP contribution in [0, 0.1) is 0 Å². The predicted octanol–water partition coefficient (Wildman–Crippen LogP) is 3.20. The van der Waals surface area contributed by atoms with Crippen molar-refractivity contribution >= 4 is 0 Å². The first-order chi connectivity index (χ1) is 10.0. The zero-order valence-electron chi connectivity index (χ0n) is 11.4. The van der Waals surface area contributed by atoms with Crippen LogP contribution in [0.3, 0.4) is 0 Å². The van der Waals surface area contributed by atoms with Gasteiger partial charge in [-0.2, -0.15) is 18.3 Å². The molecule has 1 saturated carbocycles. The van der Waals surface area contributed by atoms with Gasteiger partial charge in [0.2, 0.25) is 0 Å². The predicted molar refractivity (Wildman–Crippen MR) is 72.6 cm³/mol. The van der Waals surface area contributed by atoms with Crippen molar-refractivity contribution in [2.45, 2.75) is 38.1 Å². The Hall–Kier alpha value is -1.82. The van der Waals surface area contributed by atoms with Gasteiger partial charge in [-0.05, 0) is 36.6 Å². The molecule has 0 aliphatic heterocycles. The van der Waals surface area contributed by atoms with Crippen molar-refractivity contribution in [3.05, 3.63) is 53.3 Å². The average molecular weight is 295 g/mol. The highest BCUT2D eigenvalue weighted by Gasteiger charge is 2.29. The van der Waals surface area contributed by atoms with Gasteiger partial charge in [0.1, 0.15) is 0 Å².